The van der Waals surface area contributed by atoms with E-state index in [0.717, 1.165) is 10.2 Å². The normalized spacial score (nSPS) is 12.2. The molecule has 1 atom stereocenters. The topological polar surface area (TPSA) is 84.2 Å². The Hall–Kier alpha value is -2.15. The van der Waals surface area contributed by atoms with Crippen LogP contribution in [-0.2, 0) is 4.79 Å². The highest BCUT2D eigenvalue weighted by molar-refractivity contribution is 9.10. The third-order valence-electron chi connectivity index (χ3n) is 3.54. The summed E-state index contributed by atoms with van der Waals surface area (Å²) in [6.07, 6.45) is 1.45. The number of hydrogen-bond donors (Lipinski definition) is 2. The number of aromatic nitrogens is 2. The minimum atomic E-state index is -1.05. The van der Waals surface area contributed by atoms with Crippen LogP contribution in [0.15, 0.2) is 34.9 Å². The van der Waals surface area contributed by atoms with Gasteiger partial charge in [-0.25, -0.2) is 9.48 Å². The lowest BCUT2D eigenvalue weighted by Gasteiger charge is -2.17. The van der Waals surface area contributed by atoms with Crippen molar-refractivity contribution in [2.24, 2.45) is 5.92 Å². The van der Waals surface area contributed by atoms with Gasteiger partial charge in [-0.3, -0.25) is 4.79 Å². The number of amides is 1. The molecule has 0 aliphatic rings. The second-order valence-electron chi connectivity index (χ2n) is 5.57. The van der Waals surface area contributed by atoms with Crippen molar-refractivity contribution in [3.8, 4) is 5.69 Å². The molecule has 2 aromatic rings. The molecule has 2 rings (SSSR count). The summed E-state index contributed by atoms with van der Waals surface area (Å²) in [5.41, 5.74) is 1.83. The van der Waals surface area contributed by atoms with Gasteiger partial charge in [-0.2, -0.15) is 5.10 Å². The van der Waals surface area contributed by atoms with Crippen LogP contribution < -0.4 is 5.32 Å². The predicted molar refractivity (Wildman–Crippen MR) is 89.7 cm³/mol. The first-order chi connectivity index (χ1) is 10.8. The number of benzene rings is 1. The molecule has 0 fully saturated rings. The van der Waals surface area contributed by atoms with Crippen molar-refractivity contribution in [1.29, 1.82) is 0 Å². The van der Waals surface area contributed by atoms with Gasteiger partial charge >= 0.3 is 5.97 Å². The molecular formula is C16H18BrN3O3. The van der Waals surface area contributed by atoms with Gasteiger partial charge in [-0.05, 0) is 37.1 Å². The summed E-state index contributed by atoms with van der Waals surface area (Å²) in [6.45, 7) is 5.27. The number of rotatable bonds is 5. The molecule has 2 N–H and O–H groups in total. The van der Waals surface area contributed by atoms with E-state index in [9.17, 15) is 14.7 Å². The Morgan fingerprint density at radius 3 is 2.39 bits per heavy atom. The van der Waals surface area contributed by atoms with Crippen LogP contribution in [0.2, 0.25) is 0 Å². The number of nitrogens with one attached hydrogen (secondary N) is 1. The van der Waals surface area contributed by atoms with E-state index < -0.39 is 17.9 Å². The number of aliphatic carboxylic acids is 1. The summed E-state index contributed by atoms with van der Waals surface area (Å²) in [6, 6.07) is 6.59. The Labute approximate surface area is 142 Å². The molecule has 0 aliphatic carbocycles. The molecular weight excluding hydrogens is 362 g/mol. The molecule has 0 spiro atoms. The number of hydrogen-bond acceptors (Lipinski definition) is 3. The Morgan fingerprint density at radius 2 is 1.87 bits per heavy atom. The van der Waals surface area contributed by atoms with E-state index in [4.69, 9.17) is 0 Å². The fourth-order valence-corrected chi connectivity index (χ4v) is 2.47. The average molecular weight is 380 g/mol. The van der Waals surface area contributed by atoms with Gasteiger partial charge in [-0.1, -0.05) is 29.8 Å². The third kappa shape index (κ3) is 3.79. The molecule has 0 radical (unpaired) electrons. The zero-order valence-corrected chi connectivity index (χ0v) is 14.7. The lowest BCUT2D eigenvalue weighted by molar-refractivity contribution is -0.140. The average Bonchev–Trinajstić information content (AvgIpc) is 2.86. The Bertz CT molecular complexity index is 723. The Balaban J connectivity index is 2.26. The highest BCUT2D eigenvalue weighted by atomic mass is 79.9. The molecule has 1 amide bonds. The second-order valence-corrected chi connectivity index (χ2v) is 6.48. The first-order valence-electron chi connectivity index (χ1n) is 7.15. The second kappa shape index (κ2) is 6.95. The van der Waals surface area contributed by atoms with E-state index in [-0.39, 0.29) is 5.92 Å². The fourth-order valence-electron chi connectivity index (χ4n) is 2.21. The minimum Gasteiger partial charge on any atom is -0.480 e. The molecule has 23 heavy (non-hydrogen) atoms. The van der Waals surface area contributed by atoms with E-state index in [1.54, 1.807) is 25.5 Å². The SMILES string of the molecule is Cc1c(C(=O)N[C@H](C(=O)O)C(C)C)cnn1-c1ccc(Br)cc1. The van der Waals surface area contributed by atoms with Crippen LogP contribution in [0, 0.1) is 12.8 Å². The van der Waals surface area contributed by atoms with Crippen LogP contribution in [0.5, 0.6) is 0 Å². The van der Waals surface area contributed by atoms with Crippen molar-refractivity contribution in [2.45, 2.75) is 26.8 Å². The van der Waals surface area contributed by atoms with E-state index >= 15 is 0 Å². The van der Waals surface area contributed by atoms with Crippen LogP contribution in [0.25, 0.3) is 5.69 Å². The standard InChI is InChI=1S/C16H18BrN3O3/c1-9(2)14(16(22)23)19-15(21)13-8-18-20(10(13)3)12-6-4-11(17)5-7-12/h4-9,14H,1-3H3,(H,19,21)(H,22,23)/t14-/m0/s1. The van der Waals surface area contributed by atoms with Crippen molar-refractivity contribution in [1.82, 2.24) is 15.1 Å². The molecule has 0 saturated carbocycles. The van der Waals surface area contributed by atoms with Gasteiger partial charge in [0.1, 0.15) is 6.04 Å². The molecule has 0 saturated heterocycles. The maximum absolute atomic E-state index is 12.3. The molecule has 0 bridgehead atoms. The maximum atomic E-state index is 12.3. The fraction of sp³-hybridized carbons (Fsp3) is 0.312. The van der Waals surface area contributed by atoms with Gasteiger partial charge in [0.15, 0.2) is 0 Å². The van der Waals surface area contributed by atoms with E-state index in [2.05, 4.69) is 26.3 Å². The number of carboxylic acid groups (broad SMARTS) is 1. The van der Waals surface area contributed by atoms with Gasteiger partial charge in [0.05, 0.1) is 23.1 Å². The Kier molecular flexibility index (Phi) is 5.20. The first-order valence-corrected chi connectivity index (χ1v) is 7.94. The highest BCUT2D eigenvalue weighted by Gasteiger charge is 2.25. The molecule has 1 aromatic carbocycles. The zero-order chi connectivity index (χ0) is 17.1. The van der Waals surface area contributed by atoms with Gasteiger partial charge in [0, 0.05) is 4.47 Å². The molecule has 122 valence electrons. The highest BCUT2D eigenvalue weighted by Crippen LogP contribution is 2.17. The third-order valence-corrected chi connectivity index (χ3v) is 4.07. The largest absolute Gasteiger partial charge is 0.480 e. The van der Waals surface area contributed by atoms with Crippen LogP contribution >= 0.6 is 15.9 Å². The summed E-state index contributed by atoms with van der Waals surface area (Å²) < 4.78 is 2.59. The minimum absolute atomic E-state index is 0.210. The summed E-state index contributed by atoms with van der Waals surface area (Å²) in [5, 5.41) is 16.0. The van der Waals surface area contributed by atoms with Crippen LogP contribution in [0.4, 0.5) is 0 Å². The Morgan fingerprint density at radius 1 is 1.26 bits per heavy atom. The predicted octanol–water partition coefficient (Wildman–Crippen LogP) is 2.78. The lowest BCUT2D eigenvalue weighted by atomic mass is 10.0. The molecule has 6 nitrogen and oxygen atoms in total. The van der Waals surface area contributed by atoms with E-state index in [1.807, 2.05) is 24.3 Å². The monoisotopic (exact) mass is 379 g/mol. The van der Waals surface area contributed by atoms with Crippen molar-refractivity contribution >= 4 is 27.8 Å². The zero-order valence-electron chi connectivity index (χ0n) is 13.1. The summed E-state index contributed by atoms with van der Waals surface area (Å²) in [4.78, 5) is 23.6. The van der Waals surface area contributed by atoms with Crippen molar-refractivity contribution in [3.63, 3.8) is 0 Å². The van der Waals surface area contributed by atoms with Gasteiger partial charge in [0.2, 0.25) is 0 Å². The number of halogens is 1. The molecule has 1 heterocycles. The van der Waals surface area contributed by atoms with Crippen molar-refractivity contribution in [2.75, 3.05) is 0 Å². The summed E-state index contributed by atoms with van der Waals surface area (Å²) in [5.74, 6) is -1.70. The number of nitrogens with zero attached hydrogens (tertiary/aromatic N) is 2. The lowest BCUT2D eigenvalue weighted by Crippen LogP contribution is -2.44. The molecule has 1 aromatic heterocycles. The van der Waals surface area contributed by atoms with Crippen LogP contribution in [-0.4, -0.2) is 32.8 Å². The number of carbonyl (C=O) groups is 2. The van der Waals surface area contributed by atoms with Crippen LogP contribution in [0.3, 0.4) is 0 Å². The first kappa shape index (κ1) is 17.2. The number of carbonyl (C=O) groups excluding carboxylic acids is 1. The van der Waals surface area contributed by atoms with E-state index in [0.29, 0.717) is 11.3 Å². The summed E-state index contributed by atoms with van der Waals surface area (Å²) in [7, 11) is 0. The van der Waals surface area contributed by atoms with Gasteiger partial charge in [0.25, 0.3) is 5.91 Å². The van der Waals surface area contributed by atoms with Gasteiger partial charge in [-0.15, -0.1) is 0 Å². The molecule has 7 heteroatoms. The van der Waals surface area contributed by atoms with Gasteiger partial charge < -0.3 is 10.4 Å². The van der Waals surface area contributed by atoms with Crippen LogP contribution in [0.1, 0.15) is 29.9 Å². The molecule has 0 aliphatic heterocycles. The van der Waals surface area contributed by atoms with E-state index in [1.165, 1.54) is 6.20 Å². The summed E-state index contributed by atoms with van der Waals surface area (Å²) >= 11 is 3.37. The van der Waals surface area contributed by atoms with Crippen molar-refractivity contribution in [3.05, 3.63) is 46.2 Å². The number of carboxylic acids is 1. The van der Waals surface area contributed by atoms with Crippen molar-refractivity contribution < 1.29 is 14.7 Å². The smallest absolute Gasteiger partial charge is 0.326 e. The maximum Gasteiger partial charge on any atom is 0.326 e. The quantitative estimate of drug-likeness (QED) is 0.836. The molecule has 0 unspecified atom stereocenters.